The third kappa shape index (κ3) is 2.07. The molecule has 0 saturated carbocycles. The molecule has 0 radical (unpaired) electrons. The number of aliphatic carboxylic acids is 1. The van der Waals surface area contributed by atoms with E-state index in [2.05, 4.69) is 5.43 Å². The van der Waals surface area contributed by atoms with Crippen LogP contribution in [0.25, 0.3) is 0 Å². The average molecular weight is 197 g/mol. The van der Waals surface area contributed by atoms with Gasteiger partial charge in [0.25, 0.3) is 0 Å². The lowest BCUT2D eigenvalue weighted by Gasteiger charge is -2.31. The van der Waals surface area contributed by atoms with Gasteiger partial charge in [-0.25, -0.2) is 5.43 Å². The molecule has 1 aliphatic heterocycles. The molecule has 0 spiro atoms. The summed E-state index contributed by atoms with van der Waals surface area (Å²) in [6, 6.07) is 0. The molecule has 0 aromatic carbocycles. The second-order valence-electron chi connectivity index (χ2n) is 2.64. The SMILES string of the molecule is Cl.NNC1(C(=O)O)CCOCC1. The molecule has 5 nitrogen and oxygen atoms in total. The molecule has 0 unspecified atom stereocenters. The molecule has 4 N–H and O–H groups in total. The summed E-state index contributed by atoms with van der Waals surface area (Å²) in [4.78, 5) is 10.7. The highest BCUT2D eigenvalue weighted by Gasteiger charge is 2.38. The molecule has 0 aliphatic carbocycles. The van der Waals surface area contributed by atoms with E-state index < -0.39 is 11.5 Å². The number of carbonyl (C=O) groups is 1. The lowest BCUT2D eigenvalue weighted by atomic mass is 9.91. The predicted molar refractivity (Wildman–Crippen MR) is 45.0 cm³/mol. The Kier molecular flexibility index (Phi) is 4.47. The van der Waals surface area contributed by atoms with Crippen molar-refractivity contribution in [3.8, 4) is 0 Å². The van der Waals surface area contributed by atoms with Crippen LogP contribution in [0.3, 0.4) is 0 Å². The summed E-state index contributed by atoms with van der Waals surface area (Å²) in [5.74, 6) is 4.25. The summed E-state index contributed by atoms with van der Waals surface area (Å²) in [5.41, 5.74) is 1.38. The van der Waals surface area contributed by atoms with Crippen molar-refractivity contribution < 1.29 is 14.6 Å². The number of hydrogen-bond acceptors (Lipinski definition) is 4. The Morgan fingerprint density at radius 3 is 2.25 bits per heavy atom. The molecule has 0 atom stereocenters. The highest BCUT2D eigenvalue weighted by atomic mass is 35.5. The summed E-state index contributed by atoms with van der Waals surface area (Å²) in [5, 5.41) is 8.79. The van der Waals surface area contributed by atoms with Crippen molar-refractivity contribution in [1.82, 2.24) is 5.43 Å². The number of carboxylic acids is 1. The van der Waals surface area contributed by atoms with Gasteiger partial charge < -0.3 is 9.84 Å². The standard InChI is InChI=1S/C6H12N2O3.ClH/c7-8-6(5(9)10)1-3-11-4-2-6;/h8H,1-4,7H2,(H,9,10);1H. The van der Waals surface area contributed by atoms with Crippen molar-refractivity contribution in [3.63, 3.8) is 0 Å². The summed E-state index contributed by atoms with van der Waals surface area (Å²) in [6.07, 6.45) is 0.859. The second-order valence-corrected chi connectivity index (χ2v) is 2.64. The Bertz CT molecular complexity index is 159. The fourth-order valence-corrected chi connectivity index (χ4v) is 1.14. The summed E-state index contributed by atoms with van der Waals surface area (Å²) in [6.45, 7) is 0.910. The number of halogens is 1. The van der Waals surface area contributed by atoms with Crippen LogP contribution in [0.1, 0.15) is 12.8 Å². The fraction of sp³-hybridized carbons (Fsp3) is 0.833. The molecule has 1 fully saturated rings. The van der Waals surface area contributed by atoms with Crippen molar-refractivity contribution in [3.05, 3.63) is 0 Å². The van der Waals surface area contributed by atoms with Crippen molar-refractivity contribution in [1.29, 1.82) is 0 Å². The van der Waals surface area contributed by atoms with Crippen LogP contribution in [0.2, 0.25) is 0 Å². The summed E-state index contributed by atoms with van der Waals surface area (Å²) < 4.78 is 5.02. The lowest BCUT2D eigenvalue weighted by molar-refractivity contribution is -0.149. The minimum absolute atomic E-state index is 0. The predicted octanol–water partition coefficient (Wildman–Crippen LogP) is -0.495. The van der Waals surface area contributed by atoms with Crippen LogP contribution in [0, 0.1) is 0 Å². The first kappa shape index (κ1) is 11.6. The van der Waals surface area contributed by atoms with Crippen molar-refractivity contribution in [2.75, 3.05) is 13.2 Å². The van der Waals surface area contributed by atoms with E-state index in [0.717, 1.165) is 0 Å². The van der Waals surface area contributed by atoms with Crippen LogP contribution in [-0.2, 0) is 9.53 Å². The zero-order valence-electron chi connectivity index (χ0n) is 6.58. The first-order valence-corrected chi connectivity index (χ1v) is 3.50. The molecule has 12 heavy (non-hydrogen) atoms. The van der Waals surface area contributed by atoms with E-state index in [4.69, 9.17) is 15.7 Å². The molecule has 0 aromatic rings. The number of nitrogens with two attached hydrogens (primary N) is 1. The van der Waals surface area contributed by atoms with E-state index in [1.807, 2.05) is 0 Å². The first-order valence-electron chi connectivity index (χ1n) is 3.50. The lowest BCUT2D eigenvalue weighted by Crippen LogP contribution is -2.58. The van der Waals surface area contributed by atoms with Gasteiger partial charge in [-0.3, -0.25) is 10.6 Å². The molecule has 1 heterocycles. The van der Waals surface area contributed by atoms with Gasteiger partial charge in [-0.1, -0.05) is 0 Å². The molecule has 72 valence electrons. The van der Waals surface area contributed by atoms with E-state index in [1.54, 1.807) is 0 Å². The van der Waals surface area contributed by atoms with Gasteiger partial charge in [0.15, 0.2) is 0 Å². The highest BCUT2D eigenvalue weighted by Crippen LogP contribution is 2.19. The minimum Gasteiger partial charge on any atom is -0.480 e. The molecule has 0 aromatic heterocycles. The molecule has 6 heteroatoms. The van der Waals surface area contributed by atoms with Crippen molar-refractivity contribution in [2.24, 2.45) is 5.84 Å². The van der Waals surface area contributed by atoms with Crippen molar-refractivity contribution in [2.45, 2.75) is 18.4 Å². The quantitative estimate of drug-likeness (QED) is 0.410. The third-order valence-electron chi connectivity index (χ3n) is 2.03. The van der Waals surface area contributed by atoms with Crippen LogP contribution in [0.15, 0.2) is 0 Å². The maximum absolute atomic E-state index is 10.7. The third-order valence-corrected chi connectivity index (χ3v) is 2.03. The number of rotatable bonds is 2. The van der Waals surface area contributed by atoms with Gasteiger partial charge in [-0.05, 0) is 0 Å². The monoisotopic (exact) mass is 196 g/mol. The van der Waals surface area contributed by atoms with Gasteiger partial charge in [0.05, 0.1) is 0 Å². The van der Waals surface area contributed by atoms with Gasteiger partial charge in [-0.2, -0.15) is 0 Å². The van der Waals surface area contributed by atoms with Crippen molar-refractivity contribution >= 4 is 18.4 Å². The molecule has 0 bridgehead atoms. The second kappa shape index (κ2) is 4.61. The molecule has 1 rings (SSSR count). The largest absolute Gasteiger partial charge is 0.480 e. The number of nitrogens with one attached hydrogen (secondary N) is 1. The molecule has 0 amide bonds. The van der Waals surface area contributed by atoms with Gasteiger partial charge in [0, 0.05) is 26.1 Å². The summed E-state index contributed by atoms with van der Waals surface area (Å²) in [7, 11) is 0. The minimum atomic E-state index is -0.960. The van der Waals surface area contributed by atoms with E-state index in [-0.39, 0.29) is 12.4 Å². The molecular weight excluding hydrogens is 184 g/mol. The molecule has 1 aliphatic rings. The molecule has 1 saturated heterocycles. The zero-order valence-corrected chi connectivity index (χ0v) is 7.39. The van der Waals surface area contributed by atoms with Crippen LogP contribution >= 0.6 is 12.4 Å². The van der Waals surface area contributed by atoms with Gasteiger partial charge in [0.1, 0.15) is 5.54 Å². The number of carboxylic acid groups (broad SMARTS) is 1. The normalized spacial score (nSPS) is 21.1. The van der Waals surface area contributed by atoms with Crippen LogP contribution in [0.5, 0.6) is 0 Å². The van der Waals surface area contributed by atoms with Crippen LogP contribution < -0.4 is 11.3 Å². The Hall–Kier alpha value is -0.360. The fourth-order valence-electron chi connectivity index (χ4n) is 1.14. The van der Waals surface area contributed by atoms with Gasteiger partial charge in [-0.15, -0.1) is 12.4 Å². The molecular formula is C6H13ClN2O3. The van der Waals surface area contributed by atoms with Crippen LogP contribution in [0.4, 0.5) is 0 Å². The number of hydrazine groups is 1. The van der Waals surface area contributed by atoms with E-state index in [9.17, 15) is 4.79 Å². The highest BCUT2D eigenvalue weighted by molar-refractivity contribution is 5.85. The van der Waals surface area contributed by atoms with E-state index >= 15 is 0 Å². The smallest absolute Gasteiger partial charge is 0.325 e. The number of ether oxygens (including phenoxy) is 1. The average Bonchev–Trinajstić information content (AvgIpc) is 2.05. The Morgan fingerprint density at radius 1 is 1.50 bits per heavy atom. The van der Waals surface area contributed by atoms with Gasteiger partial charge >= 0.3 is 5.97 Å². The van der Waals surface area contributed by atoms with E-state index in [0.29, 0.717) is 26.1 Å². The number of hydrogen-bond donors (Lipinski definition) is 3. The van der Waals surface area contributed by atoms with E-state index in [1.165, 1.54) is 0 Å². The first-order chi connectivity index (χ1) is 5.21. The van der Waals surface area contributed by atoms with Gasteiger partial charge in [0.2, 0.25) is 0 Å². The summed E-state index contributed by atoms with van der Waals surface area (Å²) >= 11 is 0. The Balaban J connectivity index is 0.00000121. The maximum Gasteiger partial charge on any atom is 0.325 e. The maximum atomic E-state index is 10.7. The topological polar surface area (TPSA) is 84.6 Å². The Morgan fingerprint density at radius 2 is 2.00 bits per heavy atom. The van der Waals surface area contributed by atoms with Crippen LogP contribution in [-0.4, -0.2) is 29.8 Å². The Labute approximate surface area is 76.6 Å². The zero-order chi connectivity index (χ0) is 8.32.